The van der Waals surface area contributed by atoms with Crippen LogP contribution in [-0.2, 0) is 56.0 Å². The van der Waals surface area contributed by atoms with Crippen molar-refractivity contribution in [3.05, 3.63) is 208 Å². The van der Waals surface area contributed by atoms with Crippen LogP contribution >= 0.6 is 0 Å². The summed E-state index contributed by atoms with van der Waals surface area (Å²) in [6, 6.07) is 40.9. The van der Waals surface area contributed by atoms with Crippen LogP contribution in [0.1, 0.15) is 56.7 Å². The van der Waals surface area contributed by atoms with Gasteiger partial charge in [0.2, 0.25) is 0 Å². The summed E-state index contributed by atoms with van der Waals surface area (Å²) in [5, 5.41) is 0. The van der Waals surface area contributed by atoms with E-state index in [1.165, 1.54) is 48.5 Å². The number of hydrogen-bond donors (Lipinski definition) is 3. The van der Waals surface area contributed by atoms with E-state index in [-0.39, 0.29) is 75.2 Å². The van der Waals surface area contributed by atoms with Crippen LogP contribution < -0.4 is 9.47 Å². The van der Waals surface area contributed by atoms with Gasteiger partial charge in [0.05, 0.1) is 9.79 Å². The van der Waals surface area contributed by atoms with Gasteiger partial charge in [-0.25, -0.2) is 9.97 Å². The molecule has 0 atom stereocenters. The van der Waals surface area contributed by atoms with Crippen molar-refractivity contribution in [3.63, 3.8) is 0 Å². The molecule has 0 radical (unpaired) electrons. The number of nitrogens with zero attached hydrogens (tertiary/aromatic N) is 6. The van der Waals surface area contributed by atoms with E-state index in [1.54, 1.807) is 97.1 Å². The smallest absolute Gasteiger partial charge is 0.325 e. The van der Waals surface area contributed by atoms with Crippen molar-refractivity contribution in [3.8, 4) is 23.5 Å². The lowest BCUT2D eigenvalue weighted by Crippen LogP contribution is -2.10. The summed E-state index contributed by atoms with van der Waals surface area (Å²) in [5.74, 6) is 1.83. The quantitative estimate of drug-likeness (QED) is 0.0578. The topological polar surface area (TPSA) is 259 Å². The van der Waals surface area contributed by atoms with E-state index >= 15 is 0 Å². The van der Waals surface area contributed by atoms with Gasteiger partial charge in [-0.3, -0.25) is 13.7 Å². The third-order valence-corrected chi connectivity index (χ3v) is 12.7. The summed E-state index contributed by atoms with van der Waals surface area (Å²) in [4.78, 5) is 26.0. The number of aromatic nitrogens is 6. The molecule has 2 aromatic heterocycles. The monoisotopic (exact) mass is 970 g/mol. The Morgan fingerprint density at radius 1 is 0.412 bits per heavy atom. The highest BCUT2D eigenvalue weighted by molar-refractivity contribution is 7.86. The van der Waals surface area contributed by atoms with Crippen LogP contribution in [0.15, 0.2) is 166 Å². The van der Waals surface area contributed by atoms with Gasteiger partial charge in [-0.2, -0.15) is 45.2 Å². The SMILES string of the molecule is O=S(=O)(O)c1cccc(Cc2nc(Cc3ccc(/C=C/c4ccc(Cc5nc(Cc6ccccc6S(=O)(=O)O)nc(Oc6ccccc6)n5)cc4S(=O)(=O)O)cc3)nc(Oc3ccccc3)n2)c1. The van der Waals surface area contributed by atoms with Gasteiger partial charge in [0.25, 0.3) is 30.4 Å². The van der Waals surface area contributed by atoms with E-state index < -0.39 is 30.4 Å². The number of para-hydroxylation sites is 2. The lowest BCUT2D eigenvalue weighted by molar-refractivity contribution is 0.433. The van der Waals surface area contributed by atoms with Gasteiger partial charge in [-0.1, -0.05) is 115 Å². The zero-order valence-electron chi connectivity index (χ0n) is 35.4. The van der Waals surface area contributed by atoms with Crippen molar-refractivity contribution >= 4 is 42.5 Å². The molecule has 0 spiro atoms. The van der Waals surface area contributed by atoms with E-state index in [4.69, 9.17) is 9.47 Å². The van der Waals surface area contributed by atoms with Gasteiger partial charge in [0.15, 0.2) is 0 Å². The molecule has 3 N–H and O–H groups in total. The molecule has 8 rings (SSSR count). The summed E-state index contributed by atoms with van der Waals surface area (Å²) < 4.78 is 115. The minimum Gasteiger partial charge on any atom is -0.424 e. The lowest BCUT2D eigenvalue weighted by Gasteiger charge is -2.11. The normalized spacial score (nSPS) is 12.0. The Morgan fingerprint density at radius 3 is 1.44 bits per heavy atom. The Balaban J connectivity index is 1.02. The number of ether oxygens (including phenoxy) is 2. The highest BCUT2D eigenvalue weighted by Crippen LogP contribution is 2.26. The molecule has 0 bridgehead atoms. The van der Waals surface area contributed by atoms with Gasteiger partial charge in [0.1, 0.15) is 39.7 Å². The molecule has 0 aliphatic rings. The van der Waals surface area contributed by atoms with Crippen molar-refractivity contribution in [1.82, 2.24) is 29.9 Å². The maximum Gasteiger partial charge on any atom is 0.325 e. The van der Waals surface area contributed by atoms with Crippen molar-refractivity contribution in [2.45, 2.75) is 40.4 Å². The maximum absolute atomic E-state index is 12.8. The first-order valence-electron chi connectivity index (χ1n) is 20.4. The number of rotatable bonds is 17. The van der Waals surface area contributed by atoms with Gasteiger partial charge in [-0.05, 0) is 81.9 Å². The first kappa shape index (κ1) is 46.9. The van der Waals surface area contributed by atoms with Crippen LogP contribution in [0.2, 0.25) is 0 Å². The molecule has 0 aliphatic heterocycles. The van der Waals surface area contributed by atoms with Gasteiger partial charge >= 0.3 is 12.0 Å². The first-order chi connectivity index (χ1) is 32.5. The van der Waals surface area contributed by atoms with Crippen LogP contribution in [-0.4, -0.2) is 68.8 Å². The maximum atomic E-state index is 12.8. The Hall–Kier alpha value is -7.59. The van der Waals surface area contributed by atoms with Crippen molar-refractivity contribution in [1.29, 1.82) is 0 Å². The molecule has 0 unspecified atom stereocenters. The minimum absolute atomic E-state index is 0.0298. The summed E-state index contributed by atoms with van der Waals surface area (Å²) in [6.07, 6.45) is 3.42. The summed E-state index contributed by atoms with van der Waals surface area (Å²) in [6.45, 7) is 0. The summed E-state index contributed by atoms with van der Waals surface area (Å²) in [5.41, 5.74) is 2.86. The fraction of sp³-hybridized carbons (Fsp3) is 0.0833. The van der Waals surface area contributed by atoms with E-state index in [0.29, 0.717) is 39.8 Å². The molecule has 0 saturated carbocycles. The fourth-order valence-corrected chi connectivity index (χ4v) is 8.91. The molecule has 6 aromatic carbocycles. The average molecular weight is 971 g/mol. The van der Waals surface area contributed by atoms with Crippen molar-refractivity contribution < 1.29 is 48.4 Å². The minimum atomic E-state index is -4.74. The molecule has 17 nitrogen and oxygen atoms in total. The van der Waals surface area contributed by atoms with Gasteiger partial charge < -0.3 is 9.47 Å². The second-order valence-electron chi connectivity index (χ2n) is 15.1. The number of benzene rings is 6. The predicted molar refractivity (Wildman–Crippen MR) is 248 cm³/mol. The second-order valence-corrected chi connectivity index (χ2v) is 19.3. The van der Waals surface area contributed by atoms with Crippen LogP contribution in [0.3, 0.4) is 0 Å². The molecule has 344 valence electrons. The molecule has 20 heteroatoms. The van der Waals surface area contributed by atoms with Crippen LogP contribution in [0.4, 0.5) is 0 Å². The van der Waals surface area contributed by atoms with Crippen LogP contribution in [0.25, 0.3) is 12.2 Å². The van der Waals surface area contributed by atoms with Crippen LogP contribution in [0, 0.1) is 0 Å². The molecular weight excluding hydrogens is 933 g/mol. The molecular formula is C48H38N6O11S3. The predicted octanol–water partition coefficient (Wildman–Crippen LogP) is 7.91. The van der Waals surface area contributed by atoms with Gasteiger partial charge in [-0.15, -0.1) is 0 Å². The highest BCUT2D eigenvalue weighted by atomic mass is 32.2. The Bertz CT molecular complexity index is 3490. The van der Waals surface area contributed by atoms with E-state index in [1.807, 2.05) is 18.2 Å². The van der Waals surface area contributed by atoms with Crippen molar-refractivity contribution in [2.75, 3.05) is 0 Å². The standard InChI is InChI=1S/C48H38N6O11S3/c55-66(56,57)40-16-9-10-34(26-40)29-44-49-43(51-47(52-44)64-38-12-3-1-4-13-38)28-33-20-18-32(19-21-33)22-24-36-25-23-35(27-42(36)68(61,62)63)30-45-50-46(31-37-11-7-8-17-41(37)67(58,59)60)54-48(53-45)65-39-14-5-2-6-15-39/h1-27H,28-31H2,(H,55,56,57)(H,58,59,60)(H,61,62,63)/b24-22+. The first-order valence-corrected chi connectivity index (χ1v) is 24.7. The zero-order valence-corrected chi connectivity index (χ0v) is 37.9. The van der Waals surface area contributed by atoms with Gasteiger partial charge in [0, 0.05) is 25.7 Å². The molecule has 0 aliphatic carbocycles. The third-order valence-electron chi connectivity index (χ3n) is 9.99. The largest absolute Gasteiger partial charge is 0.424 e. The zero-order chi connectivity index (χ0) is 47.9. The van der Waals surface area contributed by atoms with Crippen molar-refractivity contribution in [2.24, 2.45) is 0 Å². The Labute approximate surface area is 391 Å². The van der Waals surface area contributed by atoms with E-state index in [0.717, 1.165) is 5.56 Å². The molecule has 0 amide bonds. The molecule has 2 heterocycles. The fourth-order valence-electron chi connectivity index (χ4n) is 6.90. The van der Waals surface area contributed by atoms with Crippen LogP contribution in [0.5, 0.6) is 23.5 Å². The highest BCUT2D eigenvalue weighted by Gasteiger charge is 2.20. The molecule has 68 heavy (non-hydrogen) atoms. The average Bonchev–Trinajstić information content (AvgIpc) is 3.29. The van der Waals surface area contributed by atoms with E-state index in [2.05, 4.69) is 29.9 Å². The molecule has 8 aromatic rings. The Kier molecular flexibility index (Phi) is 13.9. The third kappa shape index (κ3) is 12.6. The Morgan fingerprint density at radius 2 is 0.897 bits per heavy atom. The lowest BCUT2D eigenvalue weighted by atomic mass is 10.1. The van der Waals surface area contributed by atoms with E-state index in [9.17, 15) is 38.9 Å². The number of hydrogen-bond acceptors (Lipinski definition) is 14. The summed E-state index contributed by atoms with van der Waals surface area (Å²) >= 11 is 0. The molecule has 0 saturated heterocycles. The summed E-state index contributed by atoms with van der Waals surface area (Å²) in [7, 11) is -13.7. The molecule has 0 fully saturated rings. The second kappa shape index (κ2) is 20.1.